The molecule has 0 radical (unpaired) electrons. The van der Waals surface area contributed by atoms with E-state index in [4.69, 9.17) is 59.2 Å². The van der Waals surface area contributed by atoms with E-state index in [0.717, 1.165) is 30.7 Å². The molecule has 9 heterocycles. The summed E-state index contributed by atoms with van der Waals surface area (Å²) in [5.74, 6) is -1.42. The minimum atomic E-state index is -6.17. The van der Waals surface area contributed by atoms with Gasteiger partial charge in [0.1, 0.15) is 54.1 Å². The van der Waals surface area contributed by atoms with Gasteiger partial charge in [-0.1, -0.05) is 4.98 Å². The Hall–Kier alpha value is -5.11. The smallest absolute Gasteiger partial charge is 0.387 e. The van der Waals surface area contributed by atoms with Gasteiger partial charge in [0.25, 0.3) is 17.1 Å². The van der Waals surface area contributed by atoms with Gasteiger partial charge in [0.2, 0.25) is 17.7 Å². The summed E-state index contributed by atoms with van der Waals surface area (Å²) in [4.78, 5) is 97.6. The Morgan fingerprint density at radius 1 is 0.688 bits per heavy atom. The van der Waals surface area contributed by atoms with E-state index in [1.165, 1.54) is 34.2 Å². The normalized spacial score (nSPS) is 30.0. The lowest BCUT2D eigenvalue weighted by atomic mass is 9.99. The third-order valence-electron chi connectivity index (χ3n) is 12.5. The number of H-pyrrole nitrogens is 2. The summed E-state index contributed by atoms with van der Waals surface area (Å²) in [5, 5.41) is 22.0. The number of hydrogen-bond donors (Lipinski definition) is 11. The number of fused-ring (bicyclic) bond motifs is 3. The highest BCUT2D eigenvalue weighted by Crippen LogP contribution is 2.68. The molecule has 0 bridgehead atoms. The number of phosphoric ester groups is 2. The summed E-state index contributed by atoms with van der Waals surface area (Å²) < 4.78 is 118. The number of rotatable bonds is 21. The molecule has 6 aromatic heterocycles. The number of nitrogens with two attached hydrogens (primary N) is 3. The Kier molecular flexibility index (Phi) is 15.8. The van der Waals surface area contributed by atoms with Gasteiger partial charge >= 0.3 is 36.7 Å². The highest BCUT2D eigenvalue weighted by molar-refractivity contribution is 7.66. The summed E-state index contributed by atoms with van der Waals surface area (Å²) in [5.41, 5.74) is 14.1. The molecular formula is C35H50N15O23P4+. The molecule has 3 aliphatic heterocycles. The summed E-state index contributed by atoms with van der Waals surface area (Å²) in [6, 6.07) is 0. The molecular weight excluding hydrogens is 1120 g/mol. The maximum Gasteiger partial charge on any atom is 0.490 e. The fourth-order valence-electron chi connectivity index (χ4n) is 9.25. The van der Waals surface area contributed by atoms with Gasteiger partial charge in [-0.2, -0.15) is 13.6 Å². The Morgan fingerprint density at radius 2 is 1.29 bits per heavy atom. The average molecular weight is 1170 g/mol. The Morgan fingerprint density at radius 3 is 1.95 bits per heavy atom. The molecule has 42 heteroatoms. The molecule has 77 heavy (non-hydrogen) atoms. The number of imidazole rings is 3. The van der Waals surface area contributed by atoms with Gasteiger partial charge in [0.15, 0.2) is 41.4 Å². The van der Waals surface area contributed by atoms with E-state index in [-0.39, 0.29) is 57.8 Å². The molecule has 9 rings (SSSR count). The van der Waals surface area contributed by atoms with Crippen LogP contribution in [0, 0.1) is 5.92 Å². The lowest BCUT2D eigenvalue weighted by molar-refractivity contribution is -0.746. The van der Waals surface area contributed by atoms with Crippen LogP contribution in [0.3, 0.4) is 0 Å². The van der Waals surface area contributed by atoms with E-state index in [2.05, 4.69) is 48.5 Å². The lowest BCUT2D eigenvalue weighted by Crippen LogP contribution is -2.46. The number of nitrogen functional groups attached to an aromatic ring is 3. The highest BCUT2D eigenvalue weighted by Gasteiger charge is 2.58. The number of phosphoric acid groups is 3. The van der Waals surface area contributed by atoms with Crippen molar-refractivity contribution in [3.05, 3.63) is 46.0 Å². The zero-order chi connectivity index (χ0) is 55.7. The fourth-order valence-corrected chi connectivity index (χ4v) is 14.5. The Balaban J connectivity index is 0.892. The molecule has 0 spiro atoms. The van der Waals surface area contributed by atoms with Crippen LogP contribution in [0.1, 0.15) is 18.7 Å². The minimum absolute atomic E-state index is 0.00738. The van der Waals surface area contributed by atoms with Crippen molar-refractivity contribution in [1.29, 1.82) is 0 Å². The molecule has 422 valence electrons. The first kappa shape index (κ1) is 56.6. The lowest BCUT2D eigenvalue weighted by Gasteiger charge is -2.28. The molecule has 0 amide bonds. The molecule has 6 aromatic rings. The predicted molar refractivity (Wildman–Crippen MR) is 252 cm³/mol. The van der Waals surface area contributed by atoms with E-state index in [9.17, 15) is 57.6 Å². The molecule has 14 N–H and O–H groups in total. The van der Waals surface area contributed by atoms with Gasteiger partial charge in [-0.25, -0.2) is 38.2 Å². The molecule has 3 fully saturated rings. The second-order valence-electron chi connectivity index (χ2n) is 17.3. The number of aromatic amines is 2. The number of hydrogen-bond acceptors (Lipinski definition) is 28. The number of nitrogens with one attached hydrogen (secondary N) is 2. The van der Waals surface area contributed by atoms with Crippen LogP contribution in [0.25, 0.3) is 33.5 Å². The van der Waals surface area contributed by atoms with Crippen molar-refractivity contribution in [3.8, 4) is 0 Å². The fraction of sp³-hybridized carbons (Fsp3) is 0.571. The maximum atomic E-state index is 14.4. The van der Waals surface area contributed by atoms with Crippen LogP contribution >= 0.6 is 31.1 Å². The molecule has 0 aromatic carbocycles. The predicted octanol–water partition coefficient (Wildman–Crippen LogP) is -3.09. The average Bonchev–Trinajstić information content (AvgIpc) is 4.26. The monoisotopic (exact) mass is 1170 g/mol. The molecule has 3 aliphatic rings. The third kappa shape index (κ3) is 11.1. The van der Waals surface area contributed by atoms with Gasteiger partial charge in [-0.05, 0) is 0 Å². The SMILES string of the molecule is COC[C@H]1[C@@H](OC)[C@H]([n+]2cn(C)c3c(=O)[nH]c(N)nc32)O[C@@H]1COP(=O)(O)OP(=O)(O)OP(=O)(O)OC[C@H]1O[C@@H](n2cnc3c(N)ncnc32)[C@H](OC)[C@@H]1P(=O)(O)OCC1O[C@@H](n2cnc3c(=O)[nH]c(N)nc32)[C@H](O)[C@@H]1O. The van der Waals surface area contributed by atoms with Crippen LogP contribution < -0.4 is 32.9 Å². The first-order chi connectivity index (χ1) is 36.3. The first-order valence-corrected chi connectivity index (χ1v) is 28.4. The molecule has 3 saturated heterocycles. The molecule has 0 saturated carbocycles. The summed E-state index contributed by atoms with van der Waals surface area (Å²) in [6.45, 7) is -3.22. The van der Waals surface area contributed by atoms with Crippen molar-refractivity contribution in [2.24, 2.45) is 13.0 Å². The van der Waals surface area contributed by atoms with E-state index in [0.29, 0.717) is 0 Å². The van der Waals surface area contributed by atoms with Crippen molar-refractivity contribution in [2.75, 3.05) is 65.0 Å². The zero-order valence-electron chi connectivity index (χ0n) is 40.2. The zero-order valence-corrected chi connectivity index (χ0v) is 43.8. The Bertz CT molecular complexity index is 3510. The summed E-state index contributed by atoms with van der Waals surface area (Å²) >= 11 is 0. The van der Waals surface area contributed by atoms with Crippen LogP contribution in [0.5, 0.6) is 0 Å². The largest absolute Gasteiger partial charge is 0.490 e. The number of methoxy groups -OCH3 is 3. The molecule has 5 unspecified atom stereocenters. The third-order valence-corrected chi connectivity index (χ3v) is 18.7. The molecule has 0 aliphatic carbocycles. The van der Waals surface area contributed by atoms with Gasteiger partial charge in [-0.15, -0.1) is 0 Å². The minimum Gasteiger partial charge on any atom is -0.387 e. The first-order valence-electron chi connectivity index (χ1n) is 22.2. The topological polar surface area (TPSA) is 531 Å². The van der Waals surface area contributed by atoms with Gasteiger partial charge in [-0.3, -0.25) is 46.9 Å². The molecule has 38 nitrogen and oxygen atoms in total. The number of ether oxygens (including phenoxy) is 6. The van der Waals surface area contributed by atoms with Gasteiger partial charge < -0.3 is 79.9 Å². The van der Waals surface area contributed by atoms with Crippen LogP contribution in [0.4, 0.5) is 17.7 Å². The quantitative estimate of drug-likeness (QED) is 0.0251. The van der Waals surface area contributed by atoms with Crippen molar-refractivity contribution in [1.82, 2.24) is 53.6 Å². The van der Waals surface area contributed by atoms with Crippen LogP contribution in [-0.2, 0) is 75.9 Å². The van der Waals surface area contributed by atoms with Crippen LogP contribution in [0.2, 0.25) is 0 Å². The van der Waals surface area contributed by atoms with E-state index in [1.807, 2.05) is 0 Å². The van der Waals surface area contributed by atoms with Gasteiger partial charge in [0.05, 0.1) is 52.2 Å². The summed E-state index contributed by atoms with van der Waals surface area (Å²) in [7, 11) is -17.9. The van der Waals surface area contributed by atoms with Gasteiger partial charge in [0, 0.05) is 27.2 Å². The number of nitrogens with zero attached hydrogens (tertiary/aromatic N) is 10. The second kappa shape index (κ2) is 21.5. The second-order valence-corrected chi connectivity index (χ2v) is 23.9. The highest BCUT2D eigenvalue weighted by atomic mass is 31.3. The van der Waals surface area contributed by atoms with Crippen LogP contribution in [-0.4, -0.2) is 180 Å². The maximum absolute atomic E-state index is 14.4. The summed E-state index contributed by atoms with van der Waals surface area (Å²) in [6.07, 6.45) is -10.2. The van der Waals surface area contributed by atoms with E-state index < -0.39 is 135 Å². The van der Waals surface area contributed by atoms with E-state index in [1.54, 1.807) is 7.05 Å². The number of aliphatic hydroxyl groups is 2. The van der Waals surface area contributed by atoms with E-state index >= 15 is 0 Å². The number of anilines is 3. The Labute approximate surface area is 429 Å². The number of aryl methyl sites for hydroxylation is 1. The number of aromatic nitrogens is 12. The standard InChI is InChI=1S/C35H49N15O23P4/c1-47-12-50(28-19(47)30(54)46-35(38)44-28)32-22(64-3)13(5-63-2)14(69-32)6-67-75(57,58)72-77(61,62)73-76(59,60)68-8-16-24(23(65-4)33(71-16)48-10-41-17-25(36)39-9-40-26(17)48)74(55,56)66-7-15-20(51)21(52)31(70-15)49-11-42-18-27(49)43-34(37)45-29(18)53/h9-16,20-24,31-33,51-52H,5-8H2,1-4H3,(H11-,36,37,38,39,40,43,44,45,46,53,54,55,56,57,58,59,60,61,62)/p+1/t13-,14-,15?,16-,20-,21-,22-,23-,24-,31-,32-,33-/m1/s1. The van der Waals surface area contributed by atoms with Crippen molar-refractivity contribution < 1.29 is 103 Å². The van der Waals surface area contributed by atoms with Crippen molar-refractivity contribution in [3.63, 3.8) is 0 Å². The molecule has 16 atom stereocenters. The van der Waals surface area contributed by atoms with Crippen molar-refractivity contribution >= 4 is 82.3 Å². The van der Waals surface area contributed by atoms with Crippen LogP contribution in [0.15, 0.2) is 34.9 Å². The van der Waals surface area contributed by atoms with Crippen molar-refractivity contribution in [2.45, 2.75) is 67.1 Å². The number of aliphatic hydroxyl groups excluding tert-OH is 2.